The summed E-state index contributed by atoms with van der Waals surface area (Å²) < 4.78 is 0. The average Bonchev–Trinajstić information content (AvgIpc) is 2.76. The van der Waals surface area contributed by atoms with Gasteiger partial charge in [0.1, 0.15) is 6.61 Å². The third-order valence-electron chi connectivity index (χ3n) is 3.10. The van der Waals surface area contributed by atoms with Crippen molar-refractivity contribution in [2.24, 2.45) is 0 Å². The first kappa shape index (κ1) is 14.1. The minimum absolute atomic E-state index is 0.113. The second kappa shape index (κ2) is 6.71. The summed E-state index contributed by atoms with van der Waals surface area (Å²) in [6.45, 7) is 2.97. The van der Waals surface area contributed by atoms with E-state index in [0.29, 0.717) is 6.54 Å². The number of thiophene rings is 1. The van der Waals surface area contributed by atoms with E-state index in [0.717, 1.165) is 31.6 Å². The van der Waals surface area contributed by atoms with Crippen LogP contribution in [-0.4, -0.2) is 54.1 Å². The summed E-state index contributed by atoms with van der Waals surface area (Å²) in [5, 5.41) is 10.6. The Kier molecular flexibility index (Phi) is 4.97. The van der Waals surface area contributed by atoms with Crippen molar-refractivity contribution < 1.29 is 9.90 Å². The van der Waals surface area contributed by atoms with Gasteiger partial charge in [-0.05, 0) is 12.5 Å². The van der Waals surface area contributed by atoms with Crippen LogP contribution < -0.4 is 0 Å². The molecule has 5 heteroatoms. The lowest BCUT2D eigenvalue weighted by atomic mass is 10.3. The molecule has 19 heavy (non-hydrogen) atoms. The first-order valence-electron chi connectivity index (χ1n) is 6.32. The molecule has 0 bridgehead atoms. The number of rotatable bonds is 2. The van der Waals surface area contributed by atoms with Gasteiger partial charge in [0.05, 0.1) is 6.54 Å². The summed E-state index contributed by atoms with van der Waals surface area (Å²) in [7, 11) is 1.86. The van der Waals surface area contributed by atoms with Crippen LogP contribution in [0.4, 0.5) is 0 Å². The fraction of sp³-hybridized carbons (Fsp3) is 0.500. The number of aliphatic hydroxyl groups excluding tert-OH is 1. The van der Waals surface area contributed by atoms with Gasteiger partial charge in [-0.1, -0.05) is 11.8 Å². The van der Waals surface area contributed by atoms with Gasteiger partial charge in [-0.15, -0.1) is 11.3 Å². The van der Waals surface area contributed by atoms with E-state index in [2.05, 4.69) is 16.7 Å². The first-order chi connectivity index (χ1) is 9.19. The van der Waals surface area contributed by atoms with E-state index in [1.807, 2.05) is 18.5 Å². The molecular formula is C14H18N2O2S. The minimum Gasteiger partial charge on any atom is -0.384 e. The first-order valence-corrected chi connectivity index (χ1v) is 7.20. The number of hydrogen-bond donors (Lipinski definition) is 1. The van der Waals surface area contributed by atoms with Crippen molar-refractivity contribution in [3.63, 3.8) is 0 Å². The van der Waals surface area contributed by atoms with Crippen molar-refractivity contribution in [2.45, 2.75) is 13.0 Å². The minimum atomic E-state index is -0.113. The van der Waals surface area contributed by atoms with E-state index in [4.69, 9.17) is 5.11 Å². The molecule has 4 nitrogen and oxygen atoms in total. The van der Waals surface area contributed by atoms with Gasteiger partial charge in [0, 0.05) is 42.5 Å². The molecule has 1 aliphatic rings. The summed E-state index contributed by atoms with van der Waals surface area (Å²) in [5.74, 6) is 5.73. The number of amides is 1. The standard InChI is InChI=1S/C14H18N2O2S/c1-15-5-3-6-16(10-14(15)18)9-13-8-12(11-19-13)4-2-7-17/h8,11,17H,3,5-7,9-10H2,1H3. The van der Waals surface area contributed by atoms with Gasteiger partial charge in [0.15, 0.2) is 0 Å². The number of carbonyl (C=O) groups is 1. The average molecular weight is 278 g/mol. The van der Waals surface area contributed by atoms with Crippen molar-refractivity contribution in [1.29, 1.82) is 0 Å². The molecule has 0 aliphatic carbocycles. The van der Waals surface area contributed by atoms with Gasteiger partial charge in [-0.2, -0.15) is 0 Å². The Morgan fingerprint density at radius 1 is 1.47 bits per heavy atom. The molecule has 2 rings (SSSR count). The molecule has 0 radical (unpaired) electrons. The third-order valence-corrected chi connectivity index (χ3v) is 4.02. The van der Waals surface area contributed by atoms with Gasteiger partial charge in [0.2, 0.25) is 5.91 Å². The highest BCUT2D eigenvalue weighted by Gasteiger charge is 2.19. The lowest BCUT2D eigenvalue weighted by Crippen LogP contribution is -2.33. The number of likely N-dealkylation sites (N-methyl/N-ethyl adjacent to an activating group) is 1. The predicted molar refractivity (Wildman–Crippen MR) is 75.8 cm³/mol. The molecule has 1 fully saturated rings. The predicted octanol–water partition coefficient (Wildman–Crippen LogP) is 0.756. The number of carbonyl (C=O) groups excluding carboxylic acids is 1. The molecule has 102 valence electrons. The molecule has 1 saturated heterocycles. The van der Waals surface area contributed by atoms with Crippen LogP contribution in [0, 0.1) is 11.8 Å². The van der Waals surface area contributed by atoms with Gasteiger partial charge in [-0.3, -0.25) is 9.69 Å². The highest BCUT2D eigenvalue weighted by Crippen LogP contribution is 2.17. The monoisotopic (exact) mass is 278 g/mol. The van der Waals surface area contributed by atoms with Crippen molar-refractivity contribution >= 4 is 17.2 Å². The molecule has 2 heterocycles. The Hall–Kier alpha value is -1.35. The SMILES string of the molecule is CN1CCCN(Cc2cc(C#CCO)cs2)CC1=O. The van der Waals surface area contributed by atoms with E-state index in [9.17, 15) is 4.79 Å². The van der Waals surface area contributed by atoms with Crippen LogP contribution in [0.25, 0.3) is 0 Å². The van der Waals surface area contributed by atoms with Crippen molar-refractivity contribution in [3.05, 3.63) is 21.9 Å². The molecule has 1 N–H and O–H groups in total. The zero-order chi connectivity index (χ0) is 13.7. The van der Waals surface area contributed by atoms with E-state index >= 15 is 0 Å². The van der Waals surface area contributed by atoms with Crippen LogP contribution in [0.15, 0.2) is 11.4 Å². The zero-order valence-corrected chi connectivity index (χ0v) is 11.9. The molecule has 0 aromatic carbocycles. The normalized spacial score (nSPS) is 16.9. The molecule has 0 atom stereocenters. The zero-order valence-electron chi connectivity index (χ0n) is 11.1. The molecular weight excluding hydrogens is 260 g/mol. The fourth-order valence-corrected chi connectivity index (χ4v) is 2.93. The van der Waals surface area contributed by atoms with Crippen LogP contribution in [0.2, 0.25) is 0 Å². The Balaban J connectivity index is 1.96. The lowest BCUT2D eigenvalue weighted by molar-refractivity contribution is -0.129. The van der Waals surface area contributed by atoms with Crippen LogP contribution in [0.3, 0.4) is 0 Å². The topological polar surface area (TPSA) is 43.8 Å². The fourth-order valence-electron chi connectivity index (χ4n) is 2.07. The molecule has 0 spiro atoms. The molecule has 1 aromatic rings. The second-order valence-electron chi connectivity index (χ2n) is 4.64. The smallest absolute Gasteiger partial charge is 0.236 e. The van der Waals surface area contributed by atoms with Gasteiger partial charge < -0.3 is 10.0 Å². The van der Waals surface area contributed by atoms with E-state index < -0.39 is 0 Å². The summed E-state index contributed by atoms with van der Waals surface area (Å²) >= 11 is 1.65. The van der Waals surface area contributed by atoms with Gasteiger partial charge in [0.25, 0.3) is 0 Å². The summed E-state index contributed by atoms with van der Waals surface area (Å²) in [6.07, 6.45) is 1.02. The summed E-state index contributed by atoms with van der Waals surface area (Å²) in [5.41, 5.74) is 0.937. The highest BCUT2D eigenvalue weighted by molar-refractivity contribution is 7.10. The van der Waals surface area contributed by atoms with E-state index in [1.165, 1.54) is 4.88 Å². The molecule has 0 unspecified atom stereocenters. The van der Waals surface area contributed by atoms with E-state index in [-0.39, 0.29) is 12.5 Å². The van der Waals surface area contributed by atoms with Crippen LogP contribution in [0.1, 0.15) is 16.9 Å². The van der Waals surface area contributed by atoms with E-state index in [1.54, 1.807) is 16.2 Å². The maximum absolute atomic E-state index is 11.8. The molecule has 1 aliphatic heterocycles. The Morgan fingerprint density at radius 3 is 3.11 bits per heavy atom. The Labute approximate surface area is 117 Å². The maximum Gasteiger partial charge on any atom is 0.236 e. The number of hydrogen-bond acceptors (Lipinski definition) is 4. The number of nitrogens with zero attached hydrogens (tertiary/aromatic N) is 2. The third kappa shape index (κ3) is 4.06. The van der Waals surface area contributed by atoms with Gasteiger partial charge in [-0.25, -0.2) is 0 Å². The van der Waals surface area contributed by atoms with Crippen LogP contribution in [0.5, 0.6) is 0 Å². The number of aliphatic hydroxyl groups is 1. The Morgan fingerprint density at radius 2 is 2.32 bits per heavy atom. The molecule has 0 saturated carbocycles. The van der Waals surface area contributed by atoms with Crippen LogP contribution >= 0.6 is 11.3 Å². The molecule has 1 aromatic heterocycles. The van der Waals surface area contributed by atoms with Gasteiger partial charge >= 0.3 is 0 Å². The van der Waals surface area contributed by atoms with Crippen LogP contribution in [-0.2, 0) is 11.3 Å². The Bertz CT molecular complexity index is 501. The highest BCUT2D eigenvalue weighted by atomic mass is 32.1. The van der Waals surface area contributed by atoms with Crippen molar-refractivity contribution in [1.82, 2.24) is 9.80 Å². The maximum atomic E-state index is 11.8. The lowest BCUT2D eigenvalue weighted by Gasteiger charge is -2.18. The van der Waals surface area contributed by atoms with Crippen molar-refractivity contribution in [2.75, 3.05) is 33.3 Å². The molecule has 1 amide bonds. The summed E-state index contributed by atoms with van der Waals surface area (Å²) in [4.78, 5) is 17.0. The summed E-state index contributed by atoms with van der Waals surface area (Å²) in [6, 6.07) is 2.03. The largest absolute Gasteiger partial charge is 0.384 e. The quantitative estimate of drug-likeness (QED) is 0.812. The second-order valence-corrected chi connectivity index (χ2v) is 5.64. The van der Waals surface area contributed by atoms with Crippen molar-refractivity contribution in [3.8, 4) is 11.8 Å².